The van der Waals surface area contributed by atoms with Crippen LogP contribution in [0.2, 0.25) is 5.02 Å². The first-order valence-corrected chi connectivity index (χ1v) is 7.42. The molecule has 1 atom stereocenters. The van der Waals surface area contributed by atoms with Crippen LogP contribution >= 0.6 is 11.6 Å². The largest absolute Gasteiger partial charge is 0.506 e. The lowest BCUT2D eigenvalue weighted by Gasteiger charge is -2.12. The zero-order chi connectivity index (χ0) is 14.1. The van der Waals surface area contributed by atoms with Gasteiger partial charge in [0, 0.05) is 5.02 Å². The van der Waals surface area contributed by atoms with E-state index in [-0.39, 0.29) is 6.10 Å². The normalized spacial score (nSPS) is 20.9. The molecule has 0 amide bonds. The number of halogens is 1. The molecule has 2 aliphatic carbocycles. The third-order valence-corrected chi connectivity index (χ3v) is 4.46. The maximum Gasteiger partial charge on any atom is 0.506 e. The zero-order valence-electron chi connectivity index (χ0n) is 11.2. The number of fused-ring (bicyclic) bond motifs is 1. The molecule has 0 bridgehead atoms. The van der Waals surface area contributed by atoms with E-state index in [9.17, 15) is 4.79 Å². The van der Waals surface area contributed by atoms with Gasteiger partial charge in [0.15, 0.2) is 0 Å². The predicted molar refractivity (Wildman–Crippen MR) is 78.1 cm³/mol. The molecule has 1 aromatic carbocycles. The Hall–Kier alpha value is -1.48. The number of aryl methyl sites for hydroxylation is 1. The molecule has 3 nitrogen and oxygen atoms in total. The second-order valence-corrected chi connectivity index (χ2v) is 5.90. The Morgan fingerprint density at radius 3 is 2.75 bits per heavy atom. The number of benzene rings is 1. The molecule has 106 valence electrons. The Labute approximate surface area is 123 Å². The van der Waals surface area contributed by atoms with Crippen molar-refractivity contribution in [3.05, 3.63) is 39.4 Å². The smallest absolute Gasteiger partial charge is 0.450 e. The van der Waals surface area contributed by atoms with Gasteiger partial charge in [-0.2, -0.15) is 0 Å². The van der Waals surface area contributed by atoms with Gasteiger partial charge in [-0.25, -0.2) is 4.79 Å². The standard InChI is InChI=1S/C16H17ClO3/c17-14-9-13-11(5-6-15(13)20-16(18)19)8-12(14)7-10-3-1-2-4-10/h7-9,15H,1-6H2,(H,18,19). The Balaban J connectivity index is 1.90. The van der Waals surface area contributed by atoms with Crippen LogP contribution in [0.4, 0.5) is 4.79 Å². The Bertz CT molecular complexity index is 569. The van der Waals surface area contributed by atoms with Crippen LogP contribution in [-0.2, 0) is 11.2 Å². The van der Waals surface area contributed by atoms with Crippen LogP contribution in [0.5, 0.6) is 0 Å². The second kappa shape index (κ2) is 5.49. The topological polar surface area (TPSA) is 46.5 Å². The van der Waals surface area contributed by atoms with Gasteiger partial charge < -0.3 is 9.84 Å². The van der Waals surface area contributed by atoms with Crippen molar-refractivity contribution in [1.29, 1.82) is 0 Å². The maximum absolute atomic E-state index is 10.7. The van der Waals surface area contributed by atoms with E-state index in [0.29, 0.717) is 11.4 Å². The van der Waals surface area contributed by atoms with Crippen molar-refractivity contribution in [3.63, 3.8) is 0 Å². The fraction of sp³-hybridized carbons (Fsp3) is 0.438. The summed E-state index contributed by atoms with van der Waals surface area (Å²) >= 11 is 6.34. The molecule has 0 aliphatic heterocycles. The summed E-state index contributed by atoms with van der Waals surface area (Å²) in [5.41, 5.74) is 4.60. The van der Waals surface area contributed by atoms with Crippen LogP contribution in [-0.4, -0.2) is 11.3 Å². The molecule has 3 rings (SSSR count). The van der Waals surface area contributed by atoms with Gasteiger partial charge in [0.05, 0.1) is 0 Å². The van der Waals surface area contributed by atoms with Gasteiger partial charge in [-0.05, 0) is 67.3 Å². The van der Waals surface area contributed by atoms with Gasteiger partial charge in [0.2, 0.25) is 0 Å². The van der Waals surface area contributed by atoms with E-state index in [2.05, 4.69) is 12.1 Å². The first-order chi connectivity index (χ1) is 9.63. The van der Waals surface area contributed by atoms with E-state index in [4.69, 9.17) is 21.4 Å². The summed E-state index contributed by atoms with van der Waals surface area (Å²) in [7, 11) is 0. The lowest BCUT2D eigenvalue weighted by Crippen LogP contribution is -2.06. The fourth-order valence-electron chi connectivity index (χ4n) is 3.16. The van der Waals surface area contributed by atoms with Crippen LogP contribution in [0.25, 0.3) is 6.08 Å². The maximum atomic E-state index is 10.7. The second-order valence-electron chi connectivity index (χ2n) is 5.49. The quantitative estimate of drug-likeness (QED) is 0.782. The van der Waals surface area contributed by atoms with E-state index in [1.807, 2.05) is 6.07 Å². The van der Waals surface area contributed by atoms with Crippen LogP contribution in [0, 0.1) is 0 Å². The molecule has 1 saturated carbocycles. The minimum absolute atomic E-state index is 0.367. The molecule has 2 aliphatic rings. The molecule has 1 N–H and O–H groups in total. The lowest BCUT2D eigenvalue weighted by atomic mass is 10.0. The number of ether oxygens (including phenoxy) is 1. The number of allylic oxidation sites excluding steroid dienone is 1. The van der Waals surface area contributed by atoms with Gasteiger partial charge in [0.25, 0.3) is 0 Å². The van der Waals surface area contributed by atoms with Gasteiger partial charge >= 0.3 is 6.16 Å². The minimum atomic E-state index is -1.23. The lowest BCUT2D eigenvalue weighted by molar-refractivity contribution is 0.0520. The average Bonchev–Trinajstić information content (AvgIpc) is 3.01. The summed E-state index contributed by atoms with van der Waals surface area (Å²) in [5, 5.41) is 9.43. The predicted octanol–water partition coefficient (Wildman–Crippen LogP) is 4.98. The van der Waals surface area contributed by atoms with Crippen molar-refractivity contribution < 1.29 is 14.6 Å². The molecular weight excluding hydrogens is 276 g/mol. The average molecular weight is 293 g/mol. The first-order valence-electron chi connectivity index (χ1n) is 7.05. The highest BCUT2D eigenvalue weighted by atomic mass is 35.5. The van der Waals surface area contributed by atoms with Gasteiger partial charge in [-0.1, -0.05) is 23.3 Å². The molecule has 20 heavy (non-hydrogen) atoms. The van der Waals surface area contributed by atoms with E-state index >= 15 is 0 Å². The van der Waals surface area contributed by atoms with E-state index in [1.165, 1.54) is 18.4 Å². The molecule has 4 heteroatoms. The summed E-state index contributed by atoms with van der Waals surface area (Å²) in [5.74, 6) is 0. The number of rotatable bonds is 2. The van der Waals surface area contributed by atoms with Crippen molar-refractivity contribution in [2.75, 3.05) is 0 Å². The summed E-state index contributed by atoms with van der Waals surface area (Å²) in [4.78, 5) is 10.7. The highest BCUT2D eigenvalue weighted by Crippen LogP contribution is 2.38. The SMILES string of the molecule is O=C(O)OC1CCc2cc(C=C3CCCC3)c(Cl)cc21. The van der Waals surface area contributed by atoms with Crippen LogP contribution < -0.4 is 0 Å². The number of hydrogen-bond acceptors (Lipinski definition) is 2. The molecular formula is C16H17ClO3. The molecule has 0 heterocycles. The van der Waals surface area contributed by atoms with E-state index in [1.54, 1.807) is 0 Å². The van der Waals surface area contributed by atoms with Crippen LogP contribution in [0.1, 0.15) is 54.9 Å². The summed E-state index contributed by atoms with van der Waals surface area (Å²) in [6.07, 6.45) is 7.02. The summed E-state index contributed by atoms with van der Waals surface area (Å²) in [6.45, 7) is 0. The van der Waals surface area contributed by atoms with Crippen molar-refractivity contribution in [2.45, 2.75) is 44.6 Å². The Kier molecular flexibility index (Phi) is 3.70. The molecule has 1 aromatic rings. The van der Waals surface area contributed by atoms with Crippen molar-refractivity contribution >= 4 is 23.8 Å². The minimum Gasteiger partial charge on any atom is -0.450 e. The van der Waals surface area contributed by atoms with Gasteiger partial charge in [-0.15, -0.1) is 0 Å². The number of carbonyl (C=O) groups is 1. The first kappa shape index (κ1) is 13.5. The van der Waals surface area contributed by atoms with Crippen molar-refractivity contribution in [2.24, 2.45) is 0 Å². The molecule has 0 radical (unpaired) electrons. The fourth-order valence-corrected chi connectivity index (χ4v) is 3.39. The van der Waals surface area contributed by atoms with Crippen LogP contribution in [0.15, 0.2) is 17.7 Å². The highest BCUT2D eigenvalue weighted by molar-refractivity contribution is 6.32. The zero-order valence-corrected chi connectivity index (χ0v) is 11.9. The van der Waals surface area contributed by atoms with Crippen LogP contribution in [0.3, 0.4) is 0 Å². The third kappa shape index (κ3) is 2.68. The summed E-state index contributed by atoms with van der Waals surface area (Å²) < 4.78 is 4.91. The third-order valence-electron chi connectivity index (χ3n) is 4.13. The van der Waals surface area contributed by atoms with Gasteiger partial charge in [0.1, 0.15) is 6.10 Å². The number of hydrogen-bond donors (Lipinski definition) is 1. The monoisotopic (exact) mass is 292 g/mol. The molecule has 1 unspecified atom stereocenters. The Morgan fingerprint density at radius 1 is 1.30 bits per heavy atom. The van der Waals surface area contributed by atoms with Crippen molar-refractivity contribution in [3.8, 4) is 0 Å². The van der Waals surface area contributed by atoms with E-state index < -0.39 is 6.16 Å². The Morgan fingerprint density at radius 2 is 2.05 bits per heavy atom. The highest BCUT2D eigenvalue weighted by Gasteiger charge is 2.27. The summed E-state index contributed by atoms with van der Waals surface area (Å²) in [6, 6.07) is 3.97. The molecule has 0 saturated heterocycles. The van der Waals surface area contributed by atoms with Crippen molar-refractivity contribution in [1.82, 2.24) is 0 Å². The molecule has 1 fully saturated rings. The van der Waals surface area contributed by atoms with Gasteiger partial charge in [-0.3, -0.25) is 0 Å². The van der Waals surface area contributed by atoms with E-state index in [0.717, 1.165) is 36.0 Å². The number of carboxylic acid groups (broad SMARTS) is 1. The molecule has 0 aromatic heterocycles. The molecule has 0 spiro atoms.